The number of phenolic OH excluding ortho intramolecular Hbond substituents is 3. The molecule has 24 heavy (non-hydrogen) atoms. The highest BCUT2D eigenvalue weighted by Gasteiger charge is 2.23. The van der Waals surface area contributed by atoms with Gasteiger partial charge in [-0.3, -0.25) is 4.79 Å². The summed E-state index contributed by atoms with van der Waals surface area (Å²) < 4.78 is 11.0. The standard InChI is InChI=1S/C18H16O6/c1-8-13(20)9(2)16-12(14(8)21)15(22)18(23-3)17(24-16)10-4-6-11(19)7-5-10/h4-7,19-21H,1-3H3. The summed E-state index contributed by atoms with van der Waals surface area (Å²) in [6, 6.07) is 6.06. The molecular formula is C18H16O6. The van der Waals surface area contributed by atoms with Gasteiger partial charge < -0.3 is 24.5 Å². The number of hydrogen-bond donors (Lipinski definition) is 3. The molecule has 0 saturated heterocycles. The highest BCUT2D eigenvalue weighted by atomic mass is 16.5. The number of aryl methyl sites for hydroxylation is 1. The van der Waals surface area contributed by atoms with E-state index in [0.717, 1.165) is 0 Å². The van der Waals surface area contributed by atoms with Gasteiger partial charge in [0.05, 0.1) is 7.11 Å². The minimum Gasteiger partial charge on any atom is -0.508 e. The van der Waals surface area contributed by atoms with Gasteiger partial charge in [-0.1, -0.05) is 0 Å². The lowest BCUT2D eigenvalue weighted by Gasteiger charge is -2.14. The first-order valence-corrected chi connectivity index (χ1v) is 7.22. The van der Waals surface area contributed by atoms with Gasteiger partial charge in [-0.15, -0.1) is 0 Å². The summed E-state index contributed by atoms with van der Waals surface area (Å²) in [5.74, 6) is -0.306. The van der Waals surface area contributed by atoms with E-state index < -0.39 is 5.43 Å². The molecule has 0 atom stereocenters. The van der Waals surface area contributed by atoms with Crippen LogP contribution in [0.5, 0.6) is 23.0 Å². The molecule has 0 bridgehead atoms. The largest absolute Gasteiger partial charge is 0.508 e. The number of phenols is 3. The molecule has 2 aromatic carbocycles. The fourth-order valence-electron chi connectivity index (χ4n) is 2.67. The topological polar surface area (TPSA) is 100 Å². The predicted molar refractivity (Wildman–Crippen MR) is 88.9 cm³/mol. The first-order valence-electron chi connectivity index (χ1n) is 7.22. The van der Waals surface area contributed by atoms with E-state index >= 15 is 0 Å². The summed E-state index contributed by atoms with van der Waals surface area (Å²) in [5.41, 5.74) is 0.615. The van der Waals surface area contributed by atoms with Crippen LogP contribution in [-0.2, 0) is 0 Å². The average Bonchev–Trinajstić information content (AvgIpc) is 2.58. The van der Waals surface area contributed by atoms with Crippen LogP contribution in [0.25, 0.3) is 22.3 Å². The third-order valence-corrected chi connectivity index (χ3v) is 4.05. The molecule has 0 aliphatic carbocycles. The molecule has 0 aliphatic heterocycles. The number of ether oxygens (including phenoxy) is 1. The Morgan fingerprint density at radius 3 is 2.17 bits per heavy atom. The molecule has 3 aromatic rings. The van der Waals surface area contributed by atoms with Gasteiger partial charge in [0, 0.05) is 16.7 Å². The van der Waals surface area contributed by atoms with Gasteiger partial charge in [0.2, 0.25) is 11.2 Å². The Bertz CT molecular complexity index is 999. The number of fused-ring (bicyclic) bond motifs is 1. The highest BCUT2D eigenvalue weighted by Crippen LogP contribution is 2.41. The summed E-state index contributed by atoms with van der Waals surface area (Å²) in [6.07, 6.45) is 0. The van der Waals surface area contributed by atoms with Gasteiger partial charge in [0.25, 0.3) is 0 Å². The molecule has 0 amide bonds. The van der Waals surface area contributed by atoms with E-state index in [1.165, 1.54) is 26.2 Å². The number of methoxy groups -OCH3 is 1. The zero-order valence-electron chi connectivity index (χ0n) is 13.4. The Morgan fingerprint density at radius 1 is 0.958 bits per heavy atom. The van der Waals surface area contributed by atoms with Crippen molar-refractivity contribution in [1.29, 1.82) is 0 Å². The second-order valence-corrected chi connectivity index (χ2v) is 5.49. The van der Waals surface area contributed by atoms with Crippen LogP contribution in [0.2, 0.25) is 0 Å². The molecule has 6 heteroatoms. The van der Waals surface area contributed by atoms with Crippen molar-refractivity contribution in [3.8, 4) is 34.3 Å². The summed E-state index contributed by atoms with van der Waals surface area (Å²) in [5, 5.41) is 29.7. The van der Waals surface area contributed by atoms with Crippen molar-refractivity contribution in [3.05, 3.63) is 45.6 Å². The van der Waals surface area contributed by atoms with Gasteiger partial charge in [-0.2, -0.15) is 0 Å². The van der Waals surface area contributed by atoms with E-state index in [9.17, 15) is 20.1 Å². The quantitative estimate of drug-likeness (QED) is 0.668. The molecule has 1 aromatic heterocycles. The van der Waals surface area contributed by atoms with E-state index in [1.807, 2.05) is 0 Å². The van der Waals surface area contributed by atoms with Crippen LogP contribution in [0.3, 0.4) is 0 Å². The first-order chi connectivity index (χ1) is 11.4. The monoisotopic (exact) mass is 328 g/mol. The van der Waals surface area contributed by atoms with Crippen molar-refractivity contribution in [1.82, 2.24) is 0 Å². The second-order valence-electron chi connectivity index (χ2n) is 5.49. The van der Waals surface area contributed by atoms with E-state index in [-0.39, 0.29) is 45.3 Å². The lowest BCUT2D eigenvalue weighted by atomic mass is 10.0. The Balaban J connectivity index is 2.48. The smallest absolute Gasteiger partial charge is 0.239 e. The SMILES string of the molecule is COc1c(-c2ccc(O)cc2)oc2c(C)c(O)c(C)c(O)c2c1=O. The van der Waals surface area contributed by atoms with Gasteiger partial charge in [0.15, 0.2) is 5.76 Å². The maximum Gasteiger partial charge on any atom is 0.239 e. The Labute approximate surface area is 137 Å². The molecule has 0 fully saturated rings. The zero-order chi connectivity index (χ0) is 17.6. The molecule has 0 spiro atoms. The van der Waals surface area contributed by atoms with Gasteiger partial charge in [-0.05, 0) is 38.1 Å². The molecule has 0 unspecified atom stereocenters. The fourth-order valence-corrected chi connectivity index (χ4v) is 2.67. The molecule has 124 valence electrons. The molecule has 3 rings (SSSR count). The minimum absolute atomic E-state index is 0.0396. The van der Waals surface area contributed by atoms with Crippen molar-refractivity contribution in [2.45, 2.75) is 13.8 Å². The van der Waals surface area contributed by atoms with E-state index in [1.54, 1.807) is 19.1 Å². The van der Waals surface area contributed by atoms with Crippen molar-refractivity contribution >= 4 is 11.0 Å². The highest BCUT2D eigenvalue weighted by molar-refractivity contribution is 5.92. The van der Waals surface area contributed by atoms with Crippen LogP contribution in [-0.4, -0.2) is 22.4 Å². The minimum atomic E-state index is -0.537. The van der Waals surface area contributed by atoms with Crippen molar-refractivity contribution in [2.75, 3.05) is 7.11 Å². The normalized spacial score (nSPS) is 11.0. The summed E-state index contributed by atoms with van der Waals surface area (Å²) >= 11 is 0. The predicted octanol–water partition coefficient (Wildman–Crippen LogP) is 3.20. The third kappa shape index (κ3) is 2.15. The fraction of sp³-hybridized carbons (Fsp3) is 0.167. The summed E-state index contributed by atoms with van der Waals surface area (Å²) in [4.78, 5) is 12.8. The lowest BCUT2D eigenvalue weighted by molar-refractivity contribution is 0.396. The van der Waals surface area contributed by atoms with Crippen molar-refractivity contribution < 1.29 is 24.5 Å². The summed E-state index contributed by atoms with van der Waals surface area (Å²) in [7, 11) is 1.33. The van der Waals surface area contributed by atoms with E-state index in [0.29, 0.717) is 11.1 Å². The van der Waals surface area contributed by atoms with Crippen LogP contribution < -0.4 is 10.2 Å². The van der Waals surface area contributed by atoms with Crippen molar-refractivity contribution in [2.24, 2.45) is 0 Å². The summed E-state index contributed by atoms with van der Waals surface area (Å²) in [6.45, 7) is 3.11. The van der Waals surface area contributed by atoms with Crippen LogP contribution in [0.1, 0.15) is 11.1 Å². The van der Waals surface area contributed by atoms with Crippen LogP contribution in [0.15, 0.2) is 33.5 Å². The average molecular weight is 328 g/mol. The van der Waals surface area contributed by atoms with Gasteiger partial charge >= 0.3 is 0 Å². The molecule has 0 aliphatic rings. The molecular weight excluding hydrogens is 312 g/mol. The van der Waals surface area contributed by atoms with Gasteiger partial charge in [0.1, 0.15) is 28.2 Å². The van der Waals surface area contributed by atoms with Crippen molar-refractivity contribution in [3.63, 3.8) is 0 Å². The van der Waals surface area contributed by atoms with Crippen LogP contribution >= 0.6 is 0 Å². The van der Waals surface area contributed by atoms with Crippen LogP contribution in [0, 0.1) is 13.8 Å². The number of rotatable bonds is 2. The number of benzene rings is 2. The molecule has 6 nitrogen and oxygen atoms in total. The zero-order valence-corrected chi connectivity index (χ0v) is 13.4. The Kier molecular flexibility index (Phi) is 3.60. The van der Waals surface area contributed by atoms with E-state index in [2.05, 4.69) is 0 Å². The molecule has 1 heterocycles. The van der Waals surface area contributed by atoms with Gasteiger partial charge in [-0.25, -0.2) is 0 Å². The molecule has 0 radical (unpaired) electrons. The van der Waals surface area contributed by atoms with E-state index in [4.69, 9.17) is 9.15 Å². The number of aromatic hydroxyl groups is 3. The number of hydrogen-bond acceptors (Lipinski definition) is 6. The Hall–Kier alpha value is -3.15. The lowest BCUT2D eigenvalue weighted by Crippen LogP contribution is -2.09. The second kappa shape index (κ2) is 5.49. The Morgan fingerprint density at radius 2 is 1.58 bits per heavy atom. The molecule has 3 N–H and O–H groups in total. The molecule has 0 saturated carbocycles. The first kappa shape index (κ1) is 15.7. The third-order valence-electron chi connectivity index (χ3n) is 4.05. The van der Waals surface area contributed by atoms with Crippen LogP contribution in [0.4, 0.5) is 0 Å². The maximum atomic E-state index is 12.8. The maximum absolute atomic E-state index is 12.8.